The summed E-state index contributed by atoms with van der Waals surface area (Å²) in [5.41, 5.74) is 2.22. The van der Waals surface area contributed by atoms with Gasteiger partial charge < -0.3 is 10.6 Å². The Hall–Kier alpha value is -1.74. The monoisotopic (exact) mass is 391 g/mol. The topological polar surface area (TPSA) is 78.5 Å². The highest BCUT2D eigenvalue weighted by Gasteiger charge is 2.32. The van der Waals surface area contributed by atoms with Gasteiger partial charge in [0.05, 0.1) is 0 Å². The minimum Gasteiger partial charge on any atom is -0.351 e. The SMILES string of the molecule is O=C(NCC1CNC1)c1sccc1S(=O)(=O)N1CCc2ccccc2C1. The molecule has 1 aromatic heterocycles. The molecule has 1 fully saturated rings. The van der Waals surface area contributed by atoms with Crippen LogP contribution in [0.15, 0.2) is 40.6 Å². The molecule has 0 radical (unpaired) electrons. The van der Waals surface area contributed by atoms with E-state index >= 15 is 0 Å². The molecular weight excluding hydrogens is 370 g/mol. The van der Waals surface area contributed by atoms with Crippen molar-refractivity contribution < 1.29 is 13.2 Å². The number of hydrogen-bond donors (Lipinski definition) is 2. The van der Waals surface area contributed by atoms with Crippen molar-refractivity contribution in [3.8, 4) is 0 Å². The number of hydrogen-bond acceptors (Lipinski definition) is 5. The van der Waals surface area contributed by atoms with Crippen molar-refractivity contribution in [1.29, 1.82) is 0 Å². The molecule has 2 aliphatic heterocycles. The van der Waals surface area contributed by atoms with E-state index in [2.05, 4.69) is 10.6 Å². The summed E-state index contributed by atoms with van der Waals surface area (Å²) in [5, 5.41) is 7.69. The number of thiophene rings is 1. The molecule has 1 amide bonds. The van der Waals surface area contributed by atoms with Crippen molar-refractivity contribution in [2.24, 2.45) is 5.92 Å². The zero-order chi connectivity index (χ0) is 18.1. The van der Waals surface area contributed by atoms with Gasteiger partial charge in [0, 0.05) is 38.6 Å². The third-order valence-corrected chi connectivity index (χ3v) is 7.90. The minimum absolute atomic E-state index is 0.117. The maximum atomic E-state index is 13.1. The molecule has 0 atom stereocenters. The Balaban J connectivity index is 1.53. The van der Waals surface area contributed by atoms with E-state index in [9.17, 15) is 13.2 Å². The molecule has 6 nitrogen and oxygen atoms in total. The van der Waals surface area contributed by atoms with Crippen LogP contribution in [0.2, 0.25) is 0 Å². The number of nitrogens with zero attached hydrogens (tertiary/aromatic N) is 1. The molecular formula is C18H21N3O3S2. The molecule has 2 aliphatic rings. The van der Waals surface area contributed by atoms with Crippen LogP contribution in [-0.4, -0.2) is 44.8 Å². The summed E-state index contributed by atoms with van der Waals surface area (Å²) < 4.78 is 27.7. The molecule has 0 unspecified atom stereocenters. The van der Waals surface area contributed by atoms with Crippen LogP contribution in [0.5, 0.6) is 0 Å². The minimum atomic E-state index is -3.70. The summed E-state index contributed by atoms with van der Waals surface area (Å²) in [4.78, 5) is 12.9. The highest BCUT2D eigenvalue weighted by atomic mass is 32.2. The summed E-state index contributed by atoms with van der Waals surface area (Å²) in [6.07, 6.45) is 0.690. The lowest BCUT2D eigenvalue weighted by Gasteiger charge is -2.28. The molecule has 1 saturated heterocycles. The van der Waals surface area contributed by atoms with Crippen LogP contribution in [0.4, 0.5) is 0 Å². The zero-order valence-corrected chi connectivity index (χ0v) is 15.9. The number of sulfonamides is 1. The summed E-state index contributed by atoms with van der Waals surface area (Å²) in [5.74, 6) is 0.125. The molecule has 138 valence electrons. The Morgan fingerprint density at radius 3 is 2.73 bits per heavy atom. The van der Waals surface area contributed by atoms with Gasteiger partial charge in [-0.15, -0.1) is 11.3 Å². The number of nitrogens with one attached hydrogen (secondary N) is 2. The van der Waals surface area contributed by atoms with Gasteiger partial charge >= 0.3 is 0 Å². The predicted molar refractivity (Wildman–Crippen MR) is 101 cm³/mol. The van der Waals surface area contributed by atoms with Crippen molar-refractivity contribution in [3.05, 3.63) is 51.7 Å². The van der Waals surface area contributed by atoms with Crippen LogP contribution in [0, 0.1) is 5.92 Å². The number of rotatable bonds is 5. The first-order valence-electron chi connectivity index (χ1n) is 8.69. The van der Waals surface area contributed by atoms with E-state index in [0.29, 0.717) is 32.0 Å². The van der Waals surface area contributed by atoms with Crippen molar-refractivity contribution in [1.82, 2.24) is 14.9 Å². The van der Waals surface area contributed by atoms with Crippen LogP contribution in [0.1, 0.15) is 20.8 Å². The maximum absolute atomic E-state index is 13.1. The first kappa shape index (κ1) is 17.7. The molecule has 26 heavy (non-hydrogen) atoms. The molecule has 0 bridgehead atoms. The molecule has 0 aliphatic carbocycles. The van der Waals surface area contributed by atoms with Gasteiger partial charge in [-0.1, -0.05) is 24.3 Å². The molecule has 8 heteroatoms. The van der Waals surface area contributed by atoms with Crippen molar-refractivity contribution in [2.75, 3.05) is 26.2 Å². The van der Waals surface area contributed by atoms with Gasteiger partial charge in [-0.2, -0.15) is 4.31 Å². The molecule has 3 heterocycles. The summed E-state index contributed by atoms with van der Waals surface area (Å²) in [7, 11) is -3.70. The van der Waals surface area contributed by atoms with E-state index in [0.717, 1.165) is 18.7 Å². The van der Waals surface area contributed by atoms with Crippen LogP contribution in [0.25, 0.3) is 0 Å². The van der Waals surface area contributed by atoms with Gasteiger partial charge in [-0.25, -0.2) is 8.42 Å². The number of carbonyl (C=O) groups is 1. The average Bonchev–Trinajstić information content (AvgIpc) is 3.10. The van der Waals surface area contributed by atoms with Crippen molar-refractivity contribution >= 4 is 27.3 Å². The largest absolute Gasteiger partial charge is 0.351 e. The van der Waals surface area contributed by atoms with Crippen LogP contribution >= 0.6 is 11.3 Å². The smallest absolute Gasteiger partial charge is 0.262 e. The average molecular weight is 392 g/mol. The first-order valence-corrected chi connectivity index (χ1v) is 11.0. The standard InChI is InChI=1S/C18H21N3O3S2/c22-18(20-11-13-9-19-10-13)17-16(6-8-25-17)26(23,24)21-7-5-14-3-1-2-4-15(14)12-21/h1-4,6,8,13,19H,5,7,9-12H2,(H,20,22). The van der Waals surface area contributed by atoms with E-state index in [1.807, 2.05) is 24.3 Å². The van der Waals surface area contributed by atoms with E-state index in [-0.39, 0.29) is 15.7 Å². The third kappa shape index (κ3) is 3.29. The molecule has 2 N–H and O–H groups in total. The number of benzene rings is 1. The molecule has 4 rings (SSSR count). The Bertz CT molecular complexity index is 919. The quantitative estimate of drug-likeness (QED) is 0.809. The fraction of sp³-hybridized carbons (Fsp3) is 0.389. The van der Waals surface area contributed by atoms with Crippen molar-refractivity contribution in [2.45, 2.75) is 17.9 Å². The summed E-state index contributed by atoms with van der Waals surface area (Å²) in [6, 6.07) is 9.44. The second kappa shape index (κ2) is 7.11. The van der Waals surface area contributed by atoms with Gasteiger partial charge in [-0.05, 0) is 29.0 Å². The summed E-state index contributed by atoms with van der Waals surface area (Å²) >= 11 is 1.18. The lowest BCUT2D eigenvalue weighted by molar-refractivity contribution is 0.0943. The number of fused-ring (bicyclic) bond motifs is 1. The van der Waals surface area contributed by atoms with Crippen LogP contribution in [0.3, 0.4) is 0 Å². The Morgan fingerprint density at radius 2 is 2.00 bits per heavy atom. The lowest BCUT2D eigenvalue weighted by Crippen LogP contribution is -2.48. The second-order valence-corrected chi connectivity index (χ2v) is 9.53. The Kier molecular flexibility index (Phi) is 4.83. The Labute approximate surface area is 157 Å². The highest BCUT2D eigenvalue weighted by molar-refractivity contribution is 7.89. The fourth-order valence-electron chi connectivity index (χ4n) is 3.29. The predicted octanol–water partition coefficient (Wildman–Crippen LogP) is 1.44. The van der Waals surface area contributed by atoms with E-state index < -0.39 is 10.0 Å². The van der Waals surface area contributed by atoms with Crippen molar-refractivity contribution in [3.63, 3.8) is 0 Å². The molecule has 0 spiro atoms. The van der Waals surface area contributed by atoms with Gasteiger partial charge in [0.1, 0.15) is 9.77 Å². The van der Waals surface area contributed by atoms with Gasteiger partial charge in [-0.3, -0.25) is 4.79 Å². The van der Waals surface area contributed by atoms with Crippen LogP contribution < -0.4 is 10.6 Å². The van der Waals surface area contributed by atoms with E-state index in [4.69, 9.17) is 0 Å². The summed E-state index contributed by atoms with van der Waals surface area (Å²) in [6.45, 7) is 3.14. The van der Waals surface area contributed by atoms with Gasteiger partial charge in [0.15, 0.2) is 0 Å². The Morgan fingerprint density at radius 1 is 1.23 bits per heavy atom. The van der Waals surface area contributed by atoms with E-state index in [1.54, 1.807) is 11.4 Å². The number of carbonyl (C=O) groups excluding carboxylic acids is 1. The second-order valence-electron chi connectivity index (χ2n) is 6.71. The molecule has 2 aromatic rings. The van der Waals surface area contributed by atoms with Gasteiger partial charge in [0.25, 0.3) is 5.91 Å². The normalized spacial score (nSPS) is 18.2. The lowest BCUT2D eigenvalue weighted by atomic mass is 10.0. The molecule has 1 aromatic carbocycles. The highest BCUT2D eigenvalue weighted by Crippen LogP contribution is 2.29. The van der Waals surface area contributed by atoms with E-state index in [1.165, 1.54) is 21.2 Å². The number of amides is 1. The third-order valence-electron chi connectivity index (χ3n) is 4.97. The van der Waals surface area contributed by atoms with Crippen LogP contribution in [-0.2, 0) is 23.0 Å². The zero-order valence-electron chi connectivity index (χ0n) is 14.3. The first-order chi connectivity index (χ1) is 12.6. The van der Waals surface area contributed by atoms with Gasteiger partial charge in [0.2, 0.25) is 10.0 Å². The maximum Gasteiger partial charge on any atom is 0.262 e. The fourth-order valence-corrected chi connectivity index (χ4v) is 6.03. The molecule has 0 saturated carbocycles.